The second-order valence-electron chi connectivity index (χ2n) is 4.24. The van der Waals surface area contributed by atoms with E-state index in [1.807, 2.05) is 42.5 Å². The van der Waals surface area contributed by atoms with E-state index in [1.54, 1.807) is 7.11 Å². The van der Waals surface area contributed by atoms with Crippen molar-refractivity contribution in [3.63, 3.8) is 0 Å². The summed E-state index contributed by atoms with van der Waals surface area (Å²) in [7, 11) is 1.64. The first-order valence-corrected chi connectivity index (χ1v) is 7.44. The predicted octanol–water partition coefficient (Wildman–Crippen LogP) is 4.50. The summed E-state index contributed by atoms with van der Waals surface area (Å²) in [6.45, 7) is 0. The van der Waals surface area contributed by atoms with Gasteiger partial charge < -0.3 is 9.84 Å². The SMILES string of the molecule is COc1cccc(CC(O)c2cc(Br)ccc2Br)c1. The van der Waals surface area contributed by atoms with Crippen molar-refractivity contribution in [2.75, 3.05) is 7.11 Å². The van der Waals surface area contributed by atoms with E-state index < -0.39 is 6.10 Å². The third-order valence-electron chi connectivity index (χ3n) is 2.88. The smallest absolute Gasteiger partial charge is 0.119 e. The largest absolute Gasteiger partial charge is 0.497 e. The fourth-order valence-corrected chi connectivity index (χ4v) is 2.79. The molecule has 0 bridgehead atoms. The number of hydrogen-bond donors (Lipinski definition) is 1. The fourth-order valence-electron chi connectivity index (χ4n) is 1.90. The van der Waals surface area contributed by atoms with Crippen molar-refractivity contribution in [1.82, 2.24) is 0 Å². The van der Waals surface area contributed by atoms with Crippen LogP contribution in [0.3, 0.4) is 0 Å². The minimum absolute atomic E-state index is 0.548. The van der Waals surface area contributed by atoms with E-state index in [4.69, 9.17) is 4.74 Å². The van der Waals surface area contributed by atoms with E-state index >= 15 is 0 Å². The summed E-state index contributed by atoms with van der Waals surface area (Å²) in [4.78, 5) is 0. The van der Waals surface area contributed by atoms with Crippen molar-refractivity contribution in [1.29, 1.82) is 0 Å². The number of aliphatic hydroxyl groups excluding tert-OH is 1. The van der Waals surface area contributed by atoms with Gasteiger partial charge in [-0.3, -0.25) is 0 Å². The molecule has 1 N–H and O–H groups in total. The van der Waals surface area contributed by atoms with E-state index in [2.05, 4.69) is 31.9 Å². The molecule has 0 saturated carbocycles. The molecule has 0 spiro atoms. The summed E-state index contributed by atoms with van der Waals surface area (Å²) >= 11 is 6.89. The topological polar surface area (TPSA) is 29.5 Å². The Morgan fingerprint density at radius 2 is 1.95 bits per heavy atom. The Labute approximate surface area is 129 Å². The van der Waals surface area contributed by atoms with Gasteiger partial charge in [0.1, 0.15) is 5.75 Å². The Hall–Kier alpha value is -0.840. The van der Waals surface area contributed by atoms with Crippen LogP contribution in [0.4, 0.5) is 0 Å². The van der Waals surface area contributed by atoms with E-state index in [0.29, 0.717) is 6.42 Å². The number of benzene rings is 2. The molecule has 0 aliphatic heterocycles. The van der Waals surface area contributed by atoms with Crippen LogP contribution in [0.25, 0.3) is 0 Å². The molecule has 2 aromatic rings. The van der Waals surface area contributed by atoms with Crippen molar-refractivity contribution < 1.29 is 9.84 Å². The first kappa shape index (κ1) is 14.6. The van der Waals surface area contributed by atoms with Gasteiger partial charge in [-0.2, -0.15) is 0 Å². The molecule has 0 aliphatic rings. The maximum Gasteiger partial charge on any atom is 0.119 e. The molecule has 1 atom stereocenters. The molecular formula is C15H14Br2O2. The van der Waals surface area contributed by atoms with Crippen LogP contribution < -0.4 is 4.74 Å². The molecule has 1 unspecified atom stereocenters. The number of aliphatic hydroxyl groups is 1. The first-order chi connectivity index (χ1) is 9.10. The zero-order chi connectivity index (χ0) is 13.8. The average Bonchev–Trinajstić information content (AvgIpc) is 2.41. The van der Waals surface area contributed by atoms with Crippen LogP contribution in [0.5, 0.6) is 5.75 Å². The van der Waals surface area contributed by atoms with Gasteiger partial charge in [0.2, 0.25) is 0 Å². The number of rotatable bonds is 4. The molecule has 0 aliphatic carbocycles. The van der Waals surface area contributed by atoms with Gasteiger partial charge in [-0.25, -0.2) is 0 Å². The first-order valence-electron chi connectivity index (χ1n) is 5.86. The van der Waals surface area contributed by atoms with E-state index in [-0.39, 0.29) is 0 Å². The fraction of sp³-hybridized carbons (Fsp3) is 0.200. The molecule has 2 nitrogen and oxygen atoms in total. The van der Waals surface area contributed by atoms with Gasteiger partial charge >= 0.3 is 0 Å². The normalized spacial score (nSPS) is 12.2. The van der Waals surface area contributed by atoms with Crippen molar-refractivity contribution in [3.05, 3.63) is 62.5 Å². The van der Waals surface area contributed by atoms with Gasteiger partial charge in [-0.15, -0.1) is 0 Å². The van der Waals surface area contributed by atoms with E-state index in [0.717, 1.165) is 25.8 Å². The number of halogens is 2. The molecule has 4 heteroatoms. The lowest BCUT2D eigenvalue weighted by atomic mass is 10.0. The third-order valence-corrected chi connectivity index (χ3v) is 4.10. The lowest BCUT2D eigenvalue weighted by Gasteiger charge is -2.14. The minimum Gasteiger partial charge on any atom is -0.497 e. The van der Waals surface area contributed by atoms with Gasteiger partial charge in [0.25, 0.3) is 0 Å². The average molecular weight is 386 g/mol. The number of methoxy groups -OCH3 is 1. The van der Waals surface area contributed by atoms with Crippen LogP contribution in [-0.2, 0) is 6.42 Å². The maximum atomic E-state index is 10.4. The van der Waals surface area contributed by atoms with Crippen LogP contribution in [-0.4, -0.2) is 12.2 Å². The summed E-state index contributed by atoms with van der Waals surface area (Å²) in [5.41, 5.74) is 1.91. The van der Waals surface area contributed by atoms with Gasteiger partial charge in [-0.1, -0.05) is 44.0 Å². The maximum absolute atomic E-state index is 10.4. The van der Waals surface area contributed by atoms with Crippen molar-refractivity contribution in [2.24, 2.45) is 0 Å². The molecular weight excluding hydrogens is 372 g/mol. The Morgan fingerprint density at radius 1 is 1.16 bits per heavy atom. The summed E-state index contributed by atoms with van der Waals surface area (Å²) in [5.74, 6) is 0.804. The quantitative estimate of drug-likeness (QED) is 0.839. The highest BCUT2D eigenvalue weighted by Crippen LogP contribution is 2.29. The Morgan fingerprint density at radius 3 is 2.68 bits per heavy atom. The second-order valence-corrected chi connectivity index (χ2v) is 6.01. The van der Waals surface area contributed by atoms with Crippen molar-refractivity contribution in [3.8, 4) is 5.75 Å². The molecule has 0 fully saturated rings. The second kappa shape index (κ2) is 6.55. The summed E-state index contributed by atoms with van der Waals surface area (Å²) in [5, 5.41) is 10.4. The van der Waals surface area contributed by atoms with Crippen molar-refractivity contribution in [2.45, 2.75) is 12.5 Å². The molecule has 0 aromatic heterocycles. The van der Waals surface area contributed by atoms with Crippen LogP contribution in [0.15, 0.2) is 51.4 Å². The van der Waals surface area contributed by atoms with Crippen molar-refractivity contribution >= 4 is 31.9 Å². The molecule has 2 aromatic carbocycles. The molecule has 0 saturated heterocycles. The molecule has 0 radical (unpaired) electrons. The highest BCUT2D eigenvalue weighted by molar-refractivity contribution is 9.11. The monoisotopic (exact) mass is 384 g/mol. The minimum atomic E-state index is -0.556. The lowest BCUT2D eigenvalue weighted by molar-refractivity contribution is 0.177. The summed E-state index contributed by atoms with van der Waals surface area (Å²) in [6.07, 6.45) is -0.00863. The zero-order valence-corrected chi connectivity index (χ0v) is 13.6. The Kier molecular flexibility index (Phi) is 5.02. The van der Waals surface area contributed by atoms with Crippen LogP contribution in [0, 0.1) is 0 Å². The standard InChI is InChI=1S/C15H14Br2O2/c1-19-12-4-2-3-10(7-12)8-15(18)13-9-11(16)5-6-14(13)17/h2-7,9,15,18H,8H2,1H3. The summed E-state index contributed by atoms with van der Waals surface area (Å²) < 4.78 is 7.05. The predicted molar refractivity (Wildman–Crippen MR) is 83.5 cm³/mol. The highest BCUT2D eigenvalue weighted by atomic mass is 79.9. The molecule has 0 amide bonds. The van der Waals surface area contributed by atoms with Gasteiger partial charge in [0, 0.05) is 15.4 Å². The van der Waals surface area contributed by atoms with E-state index in [1.165, 1.54) is 0 Å². The van der Waals surface area contributed by atoms with Crippen LogP contribution in [0.1, 0.15) is 17.2 Å². The van der Waals surface area contributed by atoms with Gasteiger partial charge in [0.05, 0.1) is 13.2 Å². The Bertz CT molecular complexity index is 570. The third kappa shape index (κ3) is 3.81. The molecule has 2 rings (SSSR count). The van der Waals surface area contributed by atoms with Gasteiger partial charge in [-0.05, 0) is 41.5 Å². The van der Waals surface area contributed by atoms with E-state index in [9.17, 15) is 5.11 Å². The number of ether oxygens (including phenoxy) is 1. The highest BCUT2D eigenvalue weighted by Gasteiger charge is 2.13. The van der Waals surface area contributed by atoms with Crippen LogP contribution in [0.2, 0.25) is 0 Å². The lowest BCUT2D eigenvalue weighted by Crippen LogP contribution is -2.03. The molecule has 100 valence electrons. The number of hydrogen-bond acceptors (Lipinski definition) is 2. The Balaban J connectivity index is 2.20. The zero-order valence-electron chi connectivity index (χ0n) is 10.4. The van der Waals surface area contributed by atoms with Crippen LogP contribution >= 0.6 is 31.9 Å². The molecule has 0 heterocycles. The summed E-state index contributed by atoms with van der Waals surface area (Å²) in [6, 6.07) is 13.5. The molecule has 19 heavy (non-hydrogen) atoms. The van der Waals surface area contributed by atoms with Gasteiger partial charge in [0.15, 0.2) is 0 Å².